The average molecular weight is 241 g/mol. The van der Waals surface area contributed by atoms with E-state index in [1.54, 1.807) is 13.0 Å². The summed E-state index contributed by atoms with van der Waals surface area (Å²) in [7, 11) is 0. The number of halogens is 1. The maximum absolute atomic E-state index is 13.5. The van der Waals surface area contributed by atoms with E-state index in [9.17, 15) is 9.18 Å². The van der Waals surface area contributed by atoms with Crippen molar-refractivity contribution in [1.82, 2.24) is 0 Å². The zero-order chi connectivity index (χ0) is 12.8. The molecule has 0 aliphatic rings. The first kappa shape index (κ1) is 13.4. The topological polar surface area (TPSA) is 61.5 Å². The fraction of sp³-hybridized carbons (Fsp3) is 0.417. The van der Waals surface area contributed by atoms with Crippen LogP contribution in [0.25, 0.3) is 0 Å². The molecule has 1 aromatic carbocycles. The normalized spacial score (nSPS) is 12.0. The van der Waals surface area contributed by atoms with E-state index in [1.165, 1.54) is 19.1 Å². The second-order valence-electron chi connectivity index (χ2n) is 3.48. The van der Waals surface area contributed by atoms with Crippen LogP contribution < -0.4 is 10.5 Å². The first-order chi connectivity index (χ1) is 8.08. The zero-order valence-corrected chi connectivity index (χ0v) is 9.90. The SMILES string of the molecule is CCOC(=O)C(C)Oc1ccc(CN)cc1F. The third-order valence-corrected chi connectivity index (χ3v) is 2.15. The number of carbonyl (C=O) groups is 1. The minimum atomic E-state index is -0.840. The van der Waals surface area contributed by atoms with Gasteiger partial charge in [0.05, 0.1) is 6.61 Å². The Balaban J connectivity index is 2.71. The summed E-state index contributed by atoms with van der Waals surface area (Å²) in [5, 5.41) is 0. The van der Waals surface area contributed by atoms with Gasteiger partial charge in [0.25, 0.3) is 0 Å². The highest BCUT2D eigenvalue weighted by molar-refractivity contribution is 5.74. The second-order valence-corrected chi connectivity index (χ2v) is 3.48. The Morgan fingerprint density at radius 2 is 2.24 bits per heavy atom. The molecule has 0 fully saturated rings. The van der Waals surface area contributed by atoms with E-state index in [1.807, 2.05) is 0 Å². The minimum Gasteiger partial charge on any atom is -0.476 e. The predicted molar refractivity (Wildman–Crippen MR) is 61.0 cm³/mol. The van der Waals surface area contributed by atoms with Gasteiger partial charge in [0.1, 0.15) is 0 Å². The smallest absolute Gasteiger partial charge is 0.347 e. The summed E-state index contributed by atoms with van der Waals surface area (Å²) in [5.74, 6) is -1.04. The Morgan fingerprint density at radius 3 is 2.76 bits per heavy atom. The van der Waals surface area contributed by atoms with Gasteiger partial charge in [-0.05, 0) is 31.5 Å². The molecule has 0 amide bonds. The lowest BCUT2D eigenvalue weighted by molar-refractivity contribution is -0.150. The summed E-state index contributed by atoms with van der Waals surface area (Å²) in [6.45, 7) is 3.72. The molecule has 1 rings (SSSR count). The highest BCUT2D eigenvalue weighted by Crippen LogP contribution is 2.19. The van der Waals surface area contributed by atoms with E-state index in [0.29, 0.717) is 5.56 Å². The van der Waals surface area contributed by atoms with Crippen LogP contribution in [0.2, 0.25) is 0 Å². The summed E-state index contributed by atoms with van der Waals surface area (Å²) < 4.78 is 23.4. The van der Waals surface area contributed by atoms with Gasteiger partial charge in [0.2, 0.25) is 0 Å². The lowest BCUT2D eigenvalue weighted by atomic mass is 10.2. The number of hydrogen-bond donors (Lipinski definition) is 1. The molecule has 0 aliphatic carbocycles. The molecule has 0 aliphatic heterocycles. The predicted octanol–water partition coefficient (Wildman–Crippen LogP) is 1.61. The largest absolute Gasteiger partial charge is 0.476 e. The van der Waals surface area contributed by atoms with Crippen molar-refractivity contribution in [2.75, 3.05) is 6.61 Å². The van der Waals surface area contributed by atoms with Crippen LogP contribution in [-0.2, 0) is 16.1 Å². The van der Waals surface area contributed by atoms with Crippen LogP contribution in [-0.4, -0.2) is 18.7 Å². The van der Waals surface area contributed by atoms with Crippen LogP contribution in [0.3, 0.4) is 0 Å². The number of nitrogens with two attached hydrogens (primary N) is 1. The lowest BCUT2D eigenvalue weighted by Crippen LogP contribution is -2.26. The summed E-state index contributed by atoms with van der Waals surface area (Å²) in [6.07, 6.45) is -0.840. The van der Waals surface area contributed by atoms with E-state index < -0.39 is 17.9 Å². The minimum absolute atomic E-state index is 0.0164. The maximum Gasteiger partial charge on any atom is 0.347 e. The molecule has 0 saturated heterocycles. The highest BCUT2D eigenvalue weighted by Gasteiger charge is 2.17. The fourth-order valence-electron chi connectivity index (χ4n) is 1.27. The monoisotopic (exact) mass is 241 g/mol. The number of carbonyl (C=O) groups excluding carboxylic acids is 1. The van der Waals surface area contributed by atoms with Gasteiger partial charge in [0, 0.05) is 6.54 Å². The van der Waals surface area contributed by atoms with Gasteiger partial charge < -0.3 is 15.2 Å². The van der Waals surface area contributed by atoms with Gasteiger partial charge in [-0.1, -0.05) is 6.07 Å². The number of rotatable bonds is 5. The molecular weight excluding hydrogens is 225 g/mol. The molecule has 94 valence electrons. The van der Waals surface area contributed by atoms with Gasteiger partial charge in [-0.25, -0.2) is 9.18 Å². The van der Waals surface area contributed by atoms with Gasteiger partial charge in [-0.2, -0.15) is 0 Å². The Morgan fingerprint density at radius 1 is 1.53 bits per heavy atom. The molecular formula is C12H16FNO3. The lowest BCUT2D eigenvalue weighted by Gasteiger charge is -2.14. The van der Waals surface area contributed by atoms with Crippen LogP contribution in [0, 0.1) is 5.82 Å². The Bertz CT molecular complexity index is 395. The Kier molecular flexibility index (Phi) is 4.90. The molecule has 0 heterocycles. The van der Waals surface area contributed by atoms with Gasteiger partial charge in [-0.3, -0.25) is 0 Å². The van der Waals surface area contributed by atoms with E-state index in [-0.39, 0.29) is 18.9 Å². The molecule has 17 heavy (non-hydrogen) atoms. The van der Waals surface area contributed by atoms with Crippen molar-refractivity contribution < 1.29 is 18.7 Å². The van der Waals surface area contributed by atoms with Crippen molar-refractivity contribution in [2.24, 2.45) is 5.73 Å². The fourth-order valence-corrected chi connectivity index (χ4v) is 1.27. The van der Waals surface area contributed by atoms with Crippen molar-refractivity contribution in [3.05, 3.63) is 29.6 Å². The summed E-state index contributed by atoms with van der Waals surface area (Å²) >= 11 is 0. The van der Waals surface area contributed by atoms with E-state index in [0.717, 1.165) is 0 Å². The highest BCUT2D eigenvalue weighted by atomic mass is 19.1. The summed E-state index contributed by atoms with van der Waals surface area (Å²) in [5.41, 5.74) is 6.04. The molecule has 0 aromatic heterocycles. The molecule has 1 aromatic rings. The van der Waals surface area contributed by atoms with Gasteiger partial charge in [-0.15, -0.1) is 0 Å². The summed E-state index contributed by atoms with van der Waals surface area (Å²) in [4.78, 5) is 11.3. The molecule has 2 N–H and O–H groups in total. The van der Waals surface area contributed by atoms with Crippen molar-refractivity contribution in [3.8, 4) is 5.75 Å². The molecule has 0 spiro atoms. The molecule has 0 saturated carbocycles. The average Bonchev–Trinajstić information content (AvgIpc) is 2.31. The van der Waals surface area contributed by atoms with Crippen LogP contribution in [0.5, 0.6) is 5.75 Å². The second kappa shape index (κ2) is 6.20. The number of benzene rings is 1. The molecule has 5 heteroatoms. The van der Waals surface area contributed by atoms with Crippen molar-refractivity contribution >= 4 is 5.97 Å². The van der Waals surface area contributed by atoms with E-state index in [4.69, 9.17) is 15.2 Å². The number of esters is 1. The quantitative estimate of drug-likeness (QED) is 0.796. The Hall–Kier alpha value is -1.62. The number of ether oxygens (including phenoxy) is 2. The zero-order valence-electron chi connectivity index (χ0n) is 9.90. The molecule has 1 unspecified atom stereocenters. The first-order valence-corrected chi connectivity index (χ1v) is 5.40. The van der Waals surface area contributed by atoms with Crippen LogP contribution in [0.1, 0.15) is 19.4 Å². The van der Waals surface area contributed by atoms with Crippen molar-refractivity contribution in [3.63, 3.8) is 0 Å². The first-order valence-electron chi connectivity index (χ1n) is 5.40. The Labute approximate surface area is 99.5 Å². The van der Waals surface area contributed by atoms with Crippen LogP contribution in [0.4, 0.5) is 4.39 Å². The van der Waals surface area contributed by atoms with Crippen LogP contribution >= 0.6 is 0 Å². The van der Waals surface area contributed by atoms with Crippen molar-refractivity contribution in [1.29, 1.82) is 0 Å². The number of hydrogen-bond acceptors (Lipinski definition) is 4. The van der Waals surface area contributed by atoms with Crippen molar-refractivity contribution in [2.45, 2.75) is 26.5 Å². The van der Waals surface area contributed by atoms with E-state index >= 15 is 0 Å². The third-order valence-electron chi connectivity index (χ3n) is 2.15. The molecule has 0 bridgehead atoms. The molecule has 0 radical (unpaired) electrons. The standard InChI is InChI=1S/C12H16FNO3/c1-3-16-12(15)8(2)17-11-5-4-9(7-14)6-10(11)13/h4-6,8H,3,7,14H2,1-2H3. The summed E-state index contributed by atoms with van der Waals surface area (Å²) in [6, 6.07) is 4.39. The molecule has 1 atom stereocenters. The van der Waals surface area contributed by atoms with Gasteiger partial charge >= 0.3 is 5.97 Å². The van der Waals surface area contributed by atoms with Gasteiger partial charge in [0.15, 0.2) is 17.7 Å². The third kappa shape index (κ3) is 3.71. The molecule has 4 nitrogen and oxygen atoms in total. The maximum atomic E-state index is 13.5. The van der Waals surface area contributed by atoms with Crippen LogP contribution in [0.15, 0.2) is 18.2 Å². The van der Waals surface area contributed by atoms with E-state index in [2.05, 4.69) is 0 Å².